The maximum atomic E-state index is 13.0. The van der Waals surface area contributed by atoms with Gasteiger partial charge >= 0.3 is 0 Å². The summed E-state index contributed by atoms with van der Waals surface area (Å²) in [5.41, 5.74) is 1.78. The third kappa shape index (κ3) is 6.77. The fourth-order valence-electron chi connectivity index (χ4n) is 3.10. The molecule has 0 heterocycles. The first-order valence-corrected chi connectivity index (χ1v) is 10.1. The summed E-state index contributed by atoms with van der Waals surface area (Å²) in [7, 11) is 4.59. The number of phenolic OH excluding ortho intramolecular Hbond substituents is 1. The van der Waals surface area contributed by atoms with Gasteiger partial charge in [0.1, 0.15) is 12.0 Å². The highest BCUT2D eigenvalue weighted by Crippen LogP contribution is 2.39. The van der Waals surface area contributed by atoms with E-state index in [0.717, 1.165) is 25.5 Å². The number of unbranched alkanes of at least 4 members (excludes halogenated alkanes) is 3. The molecule has 7 nitrogen and oxygen atoms in total. The monoisotopic (exact) mass is 427 g/mol. The van der Waals surface area contributed by atoms with E-state index in [-0.39, 0.29) is 11.7 Å². The van der Waals surface area contributed by atoms with E-state index in [2.05, 4.69) is 5.32 Å². The Kier molecular flexibility index (Phi) is 9.42. The maximum Gasteiger partial charge on any atom is 0.251 e. The summed E-state index contributed by atoms with van der Waals surface area (Å²) in [5.74, 6) is 1.30. The number of methoxy groups -OCH3 is 3. The molecule has 0 saturated heterocycles. The van der Waals surface area contributed by atoms with Crippen LogP contribution in [0.15, 0.2) is 36.4 Å². The number of phenols is 1. The predicted octanol–water partition coefficient (Wildman–Crippen LogP) is 3.83. The molecule has 2 rings (SSSR count). The van der Waals surface area contributed by atoms with Crippen molar-refractivity contribution in [1.29, 1.82) is 0 Å². The van der Waals surface area contributed by atoms with E-state index in [4.69, 9.17) is 14.2 Å². The number of amides is 1. The topological polar surface area (TPSA) is 94.1 Å². The average Bonchev–Trinajstić information content (AvgIpc) is 2.79. The van der Waals surface area contributed by atoms with Crippen LogP contribution in [-0.2, 0) is 9.59 Å². The molecule has 0 atom stereocenters. The molecular formula is C24H29NO6. The Labute approximate surface area is 182 Å². The highest BCUT2D eigenvalue weighted by molar-refractivity contribution is 6.24. The Hall–Kier alpha value is -3.48. The van der Waals surface area contributed by atoms with E-state index >= 15 is 0 Å². The SMILES string of the molecule is COc1cc(/C=C(\C(=O)NCCCCCC=O)c2ccc(O)cc2)cc(OC)c1OC. The van der Waals surface area contributed by atoms with Gasteiger partial charge in [-0.25, -0.2) is 0 Å². The fraction of sp³-hybridized carbons (Fsp3) is 0.333. The molecule has 0 fully saturated rings. The highest BCUT2D eigenvalue weighted by atomic mass is 16.5. The zero-order valence-electron chi connectivity index (χ0n) is 18.1. The van der Waals surface area contributed by atoms with E-state index in [0.29, 0.717) is 46.9 Å². The zero-order chi connectivity index (χ0) is 22.6. The minimum Gasteiger partial charge on any atom is -0.508 e. The number of aromatic hydroxyl groups is 1. The van der Waals surface area contributed by atoms with Gasteiger partial charge in [-0.15, -0.1) is 0 Å². The summed E-state index contributed by atoms with van der Waals surface area (Å²) in [5, 5.41) is 12.5. The van der Waals surface area contributed by atoms with Crippen LogP contribution in [0.1, 0.15) is 36.8 Å². The van der Waals surface area contributed by atoms with Crippen molar-refractivity contribution in [3.8, 4) is 23.0 Å². The number of ether oxygens (including phenoxy) is 3. The number of rotatable bonds is 12. The molecule has 0 spiro atoms. The van der Waals surface area contributed by atoms with Crippen molar-refractivity contribution in [3.63, 3.8) is 0 Å². The number of nitrogens with one attached hydrogen (secondary N) is 1. The predicted molar refractivity (Wildman–Crippen MR) is 120 cm³/mol. The number of carbonyl (C=O) groups is 2. The molecule has 2 aromatic rings. The summed E-state index contributed by atoms with van der Waals surface area (Å²) in [6.45, 7) is 0.502. The lowest BCUT2D eigenvalue weighted by atomic mass is 10.0. The lowest BCUT2D eigenvalue weighted by Gasteiger charge is -2.14. The first-order valence-electron chi connectivity index (χ1n) is 10.1. The standard InChI is InChI=1S/C24H29NO6/c1-29-21-15-17(16-22(30-2)23(21)31-3)14-20(18-8-10-19(27)11-9-18)24(28)25-12-6-4-5-7-13-26/h8-11,13-16,27H,4-7,12H2,1-3H3,(H,25,28)/b20-14-. The third-order valence-electron chi connectivity index (χ3n) is 4.71. The van der Waals surface area contributed by atoms with Crippen LogP contribution in [0.5, 0.6) is 23.0 Å². The van der Waals surface area contributed by atoms with Gasteiger partial charge in [0, 0.05) is 18.5 Å². The summed E-state index contributed by atoms with van der Waals surface area (Å²) < 4.78 is 16.2. The van der Waals surface area contributed by atoms with Gasteiger partial charge < -0.3 is 29.4 Å². The Morgan fingerprint density at radius 2 is 1.61 bits per heavy atom. The van der Waals surface area contributed by atoms with Crippen molar-refractivity contribution in [3.05, 3.63) is 47.5 Å². The molecule has 0 aromatic heterocycles. The van der Waals surface area contributed by atoms with Crippen LogP contribution in [0, 0.1) is 0 Å². The van der Waals surface area contributed by atoms with Gasteiger partial charge in [0.05, 0.1) is 21.3 Å². The first-order chi connectivity index (χ1) is 15.0. The smallest absolute Gasteiger partial charge is 0.251 e. The Morgan fingerprint density at radius 3 is 2.16 bits per heavy atom. The lowest BCUT2D eigenvalue weighted by Crippen LogP contribution is -2.25. The molecule has 0 bridgehead atoms. The average molecular weight is 427 g/mol. The van der Waals surface area contributed by atoms with E-state index in [1.165, 1.54) is 33.5 Å². The molecule has 0 aliphatic rings. The van der Waals surface area contributed by atoms with Crippen LogP contribution in [0.25, 0.3) is 11.6 Å². The Balaban J connectivity index is 2.34. The summed E-state index contributed by atoms with van der Waals surface area (Å²) in [6.07, 6.45) is 5.64. The quantitative estimate of drug-likeness (QED) is 0.231. The molecule has 0 radical (unpaired) electrons. The summed E-state index contributed by atoms with van der Waals surface area (Å²) >= 11 is 0. The highest BCUT2D eigenvalue weighted by Gasteiger charge is 2.16. The molecule has 2 N–H and O–H groups in total. The van der Waals surface area contributed by atoms with Crippen molar-refractivity contribution in [1.82, 2.24) is 5.32 Å². The minimum atomic E-state index is -0.241. The van der Waals surface area contributed by atoms with Gasteiger partial charge in [-0.05, 0) is 54.3 Å². The zero-order valence-corrected chi connectivity index (χ0v) is 18.1. The number of hydrogen-bond donors (Lipinski definition) is 2. The number of hydrogen-bond acceptors (Lipinski definition) is 6. The van der Waals surface area contributed by atoms with Crippen molar-refractivity contribution in [2.75, 3.05) is 27.9 Å². The normalized spacial score (nSPS) is 11.0. The van der Waals surface area contributed by atoms with Gasteiger partial charge in [-0.1, -0.05) is 18.6 Å². The van der Waals surface area contributed by atoms with Crippen LogP contribution in [0.2, 0.25) is 0 Å². The largest absolute Gasteiger partial charge is 0.508 e. The van der Waals surface area contributed by atoms with Crippen LogP contribution < -0.4 is 19.5 Å². The van der Waals surface area contributed by atoms with Crippen molar-refractivity contribution < 1.29 is 28.9 Å². The summed E-state index contributed by atoms with van der Waals surface area (Å²) in [6, 6.07) is 9.95. The third-order valence-corrected chi connectivity index (χ3v) is 4.71. The fourth-order valence-corrected chi connectivity index (χ4v) is 3.10. The van der Waals surface area contributed by atoms with E-state index < -0.39 is 0 Å². The Bertz CT molecular complexity index is 880. The van der Waals surface area contributed by atoms with E-state index in [9.17, 15) is 14.7 Å². The van der Waals surface area contributed by atoms with Crippen LogP contribution >= 0.6 is 0 Å². The van der Waals surface area contributed by atoms with Crippen LogP contribution in [0.3, 0.4) is 0 Å². The molecule has 0 aliphatic carbocycles. The van der Waals surface area contributed by atoms with Gasteiger partial charge in [0.25, 0.3) is 5.91 Å². The molecule has 2 aromatic carbocycles. The van der Waals surface area contributed by atoms with Gasteiger partial charge in [0.2, 0.25) is 5.75 Å². The molecule has 0 unspecified atom stereocenters. The first kappa shape index (κ1) is 23.8. The number of carbonyl (C=O) groups excluding carboxylic acids is 2. The van der Waals surface area contributed by atoms with Crippen LogP contribution in [-0.4, -0.2) is 45.2 Å². The van der Waals surface area contributed by atoms with Gasteiger partial charge in [0.15, 0.2) is 11.5 Å². The Morgan fingerprint density at radius 1 is 0.968 bits per heavy atom. The lowest BCUT2D eigenvalue weighted by molar-refractivity contribution is -0.115. The van der Waals surface area contributed by atoms with Crippen molar-refractivity contribution in [2.24, 2.45) is 0 Å². The molecule has 7 heteroatoms. The van der Waals surface area contributed by atoms with Gasteiger partial charge in [-0.2, -0.15) is 0 Å². The van der Waals surface area contributed by atoms with Crippen molar-refractivity contribution in [2.45, 2.75) is 25.7 Å². The van der Waals surface area contributed by atoms with Crippen molar-refractivity contribution >= 4 is 23.8 Å². The van der Waals surface area contributed by atoms with E-state index in [1.807, 2.05) is 0 Å². The maximum absolute atomic E-state index is 13.0. The second kappa shape index (κ2) is 12.3. The van der Waals surface area contributed by atoms with Gasteiger partial charge in [-0.3, -0.25) is 4.79 Å². The minimum absolute atomic E-state index is 0.117. The van der Waals surface area contributed by atoms with Crippen LogP contribution in [0.4, 0.5) is 0 Å². The summed E-state index contributed by atoms with van der Waals surface area (Å²) in [4.78, 5) is 23.4. The number of benzene rings is 2. The second-order valence-corrected chi connectivity index (χ2v) is 6.84. The second-order valence-electron chi connectivity index (χ2n) is 6.84. The number of aldehydes is 1. The molecule has 31 heavy (non-hydrogen) atoms. The molecule has 0 saturated carbocycles. The molecular weight excluding hydrogens is 398 g/mol. The molecule has 0 aliphatic heterocycles. The molecule has 166 valence electrons. The molecule has 1 amide bonds. The van der Waals surface area contributed by atoms with E-state index in [1.54, 1.807) is 30.3 Å².